The van der Waals surface area contributed by atoms with Gasteiger partial charge in [-0.15, -0.1) is 0 Å². The Balaban J connectivity index is 2.89. The van der Waals surface area contributed by atoms with E-state index in [1.54, 1.807) is 19.1 Å². The highest BCUT2D eigenvalue weighted by molar-refractivity contribution is 5.69. The Kier molecular flexibility index (Phi) is 2.33. The summed E-state index contributed by atoms with van der Waals surface area (Å²) in [6.07, 6.45) is 0. The van der Waals surface area contributed by atoms with E-state index in [9.17, 15) is 4.79 Å². The topological polar surface area (TPSA) is 46.5 Å². The molecule has 0 fully saturated rings. The molecule has 1 aromatic carbocycles. The molecule has 0 heterocycles. The van der Waals surface area contributed by atoms with E-state index in [2.05, 4.69) is 0 Å². The van der Waals surface area contributed by atoms with Gasteiger partial charge in [-0.3, -0.25) is 4.79 Å². The second-order valence-corrected chi connectivity index (χ2v) is 2.54. The van der Waals surface area contributed by atoms with Gasteiger partial charge >= 0.3 is 5.97 Å². The first-order chi connectivity index (χ1) is 5.59. The minimum absolute atomic E-state index is 0.200. The fraction of sp³-hybridized carbons (Fsp3) is 0.222. The molecule has 1 aromatic rings. The quantitative estimate of drug-likeness (QED) is 0.509. The fourth-order valence-corrected chi connectivity index (χ4v) is 0.857. The van der Waals surface area contributed by atoms with Crippen LogP contribution in [0.3, 0.4) is 0 Å². The lowest BCUT2D eigenvalue weighted by atomic mass is 10.2. The number of carbonyl (C=O) groups is 1. The van der Waals surface area contributed by atoms with Crippen LogP contribution in [0.5, 0.6) is 11.5 Å². The van der Waals surface area contributed by atoms with E-state index in [1.807, 2.05) is 0 Å². The Hall–Kier alpha value is -1.51. The van der Waals surface area contributed by atoms with Crippen LogP contribution in [0.15, 0.2) is 18.2 Å². The van der Waals surface area contributed by atoms with Crippen molar-refractivity contribution < 1.29 is 14.6 Å². The highest BCUT2D eigenvalue weighted by atomic mass is 16.5. The summed E-state index contributed by atoms with van der Waals surface area (Å²) in [5, 5.41) is 9.14. The number of esters is 1. The Labute approximate surface area is 70.6 Å². The highest BCUT2D eigenvalue weighted by Crippen LogP contribution is 2.21. The molecule has 0 spiro atoms. The third-order valence-corrected chi connectivity index (χ3v) is 1.43. The van der Waals surface area contributed by atoms with E-state index in [-0.39, 0.29) is 11.7 Å². The van der Waals surface area contributed by atoms with Gasteiger partial charge in [0, 0.05) is 6.92 Å². The number of hydrogen-bond acceptors (Lipinski definition) is 3. The number of aryl methyl sites for hydroxylation is 1. The Morgan fingerprint density at radius 1 is 1.50 bits per heavy atom. The normalized spacial score (nSPS) is 9.50. The lowest BCUT2D eigenvalue weighted by Gasteiger charge is -2.02. The fourth-order valence-electron chi connectivity index (χ4n) is 0.857. The zero-order valence-electron chi connectivity index (χ0n) is 7.00. The van der Waals surface area contributed by atoms with E-state index in [0.717, 1.165) is 0 Å². The van der Waals surface area contributed by atoms with Crippen molar-refractivity contribution in [2.75, 3.05) is 0 Å². The van der Waals surface area contributed by atoms with Crippen molar-refractivity contribution in [2.45, 2.75) is 13.8 Å². The number of ether oxygens (including phenoxy) is 1. The third kappa shape index (κ3) is 1.99. The smallest absolute Gasteiger partial charge is 0.308 e. The summed E-state index contributed by atoms with van der Waals surface area (Å²) in [5.74, 6) is 0.295. The molecule has 0 saturated heterocycles. The average molecular weight is 166 g/mol. The molecule has 0 saturated carbocycles. The van der Waals surface area contributed by atoms with E-state index in [4.69, 9.17) is 9.84 Å². The number of hydrogen-bond donors (Lipinski definition) is 1. The number of phenols is 1. The molecule has 0 aromatic heterocycles. The number of carbonyl (C=O) groups excluding carboxylic acids is 1. The lowest BCUT2D eigenvalue weighted by molar-refractivity contribution is -0.131. The van der Waals surface area contributed by atoms with E-state index in [0.29, 0.717) is 11.3 Å². The van der Waals surface area contributed by atoms with Crippen LogP contribution in [0.2, 0.25) is 0 Å². The summed E-state index contributed by atoms with van der Waals surface area (Å²) in [4.78, 5) is 10.5. The Morgan fingerprint density at radius 3 is 2.67 bits per heavy atom. The third-order valence-electron chi connectivity index (χ3n) is 1.43. The zero-order chi connectivity index (χ0) is 9.14. The zero-order valence-corrected chi connectivity index (χ0v) is 7.00. The number of benzene rings is 1. The van der Waals surface area contributed by atoms with Crippen molar-refractivity contribution in [3.8, 4) is 11.5 Å². The van der Waals surface area contributed by atoms with Crippen molar-refractivity contribution in [3.63, 3.8) is 0 Å². The molecule has 0 atom stereocenters. The lowest BCUT2D eigenvalue weighted by Crippen LogP contribution is -2.01. The Bertz CT molecular complexity index is 305. The number of phenolic OH excluding ortho intramolecular Hbond substituents is 1. The molecule has 64 valence electrons. The van der Waals surface area contributed by atoms with Gasteiger partial charge in [-0.2, -0.15) is 0 Å². The molecule has 1 N–H and O–H groups in total. The van der Waals surface area contributed by atoms with Gasteiger partial charge in [-0.05, 0) is 30.7 Å². The van der Waals surface area contributed by atoms with Crippen LogP contribution in [-0.2, 0) is 4.79 Å². The van der Waals surface area contributed by atoms with Crippen molar-refractivity contribution in [2.24, 2.45) is 0 Å². The van der Waals surface area contributed by atoms with Gasteiger partial charge in [0.2, 0.25) is 0 Å². The van der Waals surface area contributed by atoms with Crippen LogP contribution in [0.1, 0.15) is 12.5 Å². The standard InChI is InChI=1S/C9H10O3/c1-6-5-8(12-7(2)10)3-4-9(6)11/h3-5,11H,1-2H3. The maximum absolute atomic E-state index is 10.5. The average Bonchev–Trinajstić information content (AvgIpc) is 1.96. The Morgan fingerprint density at radius 2 is 2.17 bits per heavy atom. The van der Waals surface area contributed by atoms with Crippen LogP contribution < -0.4 is 4.74 Å². The van der Waals surface area contributed by atoms with E-state index in [1.165, 1.54) is 13.0 Å². The monoisotopic (exact) mass is 166 g/mol. The first kappa shape index (κ1) is 8.59. The minimum Gasteiger partial charge on any atom is -0.508 e. The van der Waals surface area contributed by atoms with Gasteiger partial charge in [0.15, 0.2) is 0 Å². The van der Waals surface area contributed by atoms with Crippen molar-refractivity contribution in [1.82, 2.24) is 0 Å². The van der Waals surface area contributed by atoms with E-state index >= 15 is 0 Å². The highest BCUT2D eigenvalue weighted by Gasteiger charge is 2.00. The summed E-state index contributed by atoms with van der Waals surface area (Å²) in [6, 6.07) is 4.65. The molecule has 3 nitrogen and oxygen atoms in total. The van der Waals surface area contributed by atoms with Gasteiger partial charge in [0.1, 0.15) is 11.5 Å². The molecule has 0 amide bonds. The summed E-state index contributed by atoms with van der Waals surface area (Å²) in [5.41, 5.74) is 0.689. The van der Waals surface area contributed by atoms with Crippen LogP contribution in [0.25, 0.3) is 0 Å². The maximum Gasteiger partial charge on any atom is 0.308 e. The first-order valence-electron chi connectivity index (χ1n) is 3.57. The predicted octanol–water partition coefficient (Wildman–Crippen LogP) is 1.63. The van der Waals surface area contributed by atoms with Crippen LogP contribution in [0, 0.1) is 6.92 Å². The summed E-state index contributed by atoms with van der Waals surface area (Å²) >= 11 is 0. The van der Waals surface area contributed by atoms with Crippen LogP contribution in [-0.4, -0.2) is 11.1 Å². The van der Waals surface area contributed by atoms with Crippen LogP contribution in [0.4, 0.5) is 0 Å². The van der Waals surface area contributed by atoms with Gasteiger partial charge < -0.3 is 9.84 Å². The summed E-state index contributed by atoms with van der Waals surface area (Å²) in [6.45, 7) is 3.07. The van der Waals surface area contributed by atoms with Gasteiger partial charge in [0.05, 0.1) is 0 Å². The molecule has 0 aliphatic rings. The molecule has 1 rings (SSSR count). The predicted molar refractivity (Wildman–Crippen MR) is 44.2 cm³/mol. The molecular formula is C9H10O3. The number of rotatable bonds is 1. The molecule has 0 radical (unpaired) electrons. The molecule has 0 bridgehead atoms. The van der Waals surface area contributed by atoms with Crippen molar-refractivity contribution in [1.29, 1.82) is 0 Å². The maximum atomic E-state index is 10.5. The molecule has 12 heavy (non-hydrogen) atoms. The molecule has 0 aliphatic heterocycles. The minimum atomic E-state index is -0.361. The van der Waals surface area contributed by atoms with Gasteiger partial charge in [-0.25, -0.2) is 0 Å². The van der Waals surface area contributed by atoms with Crippen LogP contribution >= 0.6 is 0 Å². The van der Waals surface area contributed by atoms with E-state index < -0.39 is 0 Å². The second kappa shape index (κ2) is 3.26. The molecule has 0 unspecified atom stereocenters. The van der Waals surface area contributed by atoms with Crippen molar-refractivity contribution >= 4 is 5.97 Å². The largest absolute Gasteiger partial charge is 0.508 e. The first-order valence-corrected chi connectivity index (χ1v) is 3.57. The molecule has 3 heteroatoms. The molecular weight excluding hydrogens is 156 g/mol. The van der Waals surface area contributed by atoms with Crippen molar-refractivity contribution in [3.05, 3.63) is 23.8 Å². The molecule has 0 aliphatic carbocycles. The van der Waals surface area contributed by atoms with Gasteiger partial charge in [0.25, 0.3) is 0 Å². The second-order valence-electron chi connectivity index (χ2n) is 2.54. The number of aromatic hydroxyl groups is 1. The van der Waals surface area contributed by atoms with Gasteiger partial charge in [-0.1, -0.05) is 0 Å². The summed E-state index contributed by atoms with van der Waals surface area (Å²) in [7, 11) is 0. The summed E-state index contributed by atoms with van der Waals surface area (Å²) < 4.78 is 4.80. The SMILES string of the molecule is CC(=O)Oc1ccc(O)c(C)c1.